The quantitative estimate of drug-likeness (QED) is 0.850. The smallest absolute Gasteiger partial charge is 0.144 e. The second-order valence-electron chi connectivity index (χ2n) is 5.17. The lowest BCUT2D eigenvalue weighted by molar-refractivity contribution is 0.0810. The lowest BCUT2D eigenvalue weighted by Crippen LogP contribution is -2.36. The fourth-order valence-electron chi connectivity index (χ4n) is 2.45. The molecular weight excluding hydrogens is 240 g/mol. The fraction of sp³-hybridized carbons (Fsp3) is 0.714. The first-order chi connectivity index (χ1) is 9.20. The highest BCUT2D eigenvalue weighted by Gasteiger charge is 2.27. The van der Waals surface area contributed by atoms with Gasteiger partial charge in [0.15, 0.2) is 0 Å². The first-order valence-corrected chi connectivity index (χ1v) is 7.07. The van der Waals surface area contributed by atoms with Crippen molar-refractivity contribution >= 4 is 5.82 Å². The number of anilines is 1. The highest BCUT2D eigenvalue weighted by atomic mass is 16.5. The van der Waals surface area contributed by atoms with Gasteiger partial charge < -0.3 is 10.1 Å². The predicted octanol–water partition coefficient (Wildman–Crippen LogP) is 1.91. The standard InChI is InChI=1S/C14H24N4O/c1-4-6-15-14-9-16-12(8-17-14)10-18(3)13-5-7-19-11(13)2/h8-9,11,13H,4-7,10H2,1-3H3,(H,15,17). The van der Waals surface area contributed by atoms with E-state index in [4.69, 9.17) is 4.74 Å². The van der Waals surface area contributed by atoms with Crippen molar-refractivity contribution in [1.82, 2.24) is 14.9 Å². The van der Waals surface area contributed by atoms with Crippen LogP contribution in [0.3, 0.4) is 0 Å². The van der Waals surface area contributed by atoms with Crippen molar-refractivity contribution in [2.75, 3.05) is 25.5 Å². The maximum atomic E-state index is 5.60. The minimum absolute atomic E-state index is 0.309. The van der Waals surface area contributed by atoms with Gasteiger partial charge in [-0.3, -0.25) is 9.88 Å². The van der Waals surface area contributed by atoms with E-state index >= 15 is 0 Å². The second kappa shape index (κ2) is 6.82. The zero-order chi connectivity index (χ0) is 13.7. The molecular formula is C14H24N4O. The highest BCUT2D eigenvalue weighted by Crippen LogP contribution is 2.19. The van der Waals surface area contributed by atoms with Crippen LogP contribution in [-0.4, -0.2) is 47.2 Å². The van der Waals surface area contributed by atoms with Crippen molar-refractivity contribution in [3.63, 3.8) is 0 Å². The maximum absolute atomic E-state index is 5.60. The van der Waals surface area contributed by atoms with Gasteiger partial charge in [0.2, 0.25) is 0 Å². The Morgan fingerprint density at radius 2 is 2.26 bits per heavy atom. The molecule has 1 N–H and O–H groups in total. The fourth-order valence-corrected chi connectivity index (χ4v) is 2.45. The Morgan fingerprint density at radius 1 is 1.42 bits per heavy atom. The summed E-state index contributed by atoms with van der Waals surface area (Å²) in [5, 5.41) is 3.23. The van der Waals surface area contributed by atoms with Crippen molar-refractivity contribution in [1.29, 1.82) is 0 Å². The van der Waals surface area contributed by atoms with E-state index in [0.717, 1.165) is 44.0 Å². The monoisotopic (exact) mass is 264 g/mol. The first kappa shape index (κ1) is 14.2. The van der Waals surface area contributed by atoms with E-state index in [9.17, 15) is 0 Å². The molecule has 1 fully saturated rings. The largest absolute Gasteiger partial charge is 0.377 e. The summed E-state index contributed by atoms with van der Waals surface area (Å²) in [7, 11) is 2.13. The average Bonchev–Trinajstić information content (AvgIpc) is 2.84. The molecule has 0 aliphatic carbocycles. The van der Waals surface area contributed by atoms with E-state index < -0.39 is 0 Å². The van der Waals surface area contributed by atoms with Crippen molar-refractivity contribution in [3.8, 4) is 0 Å². The number of hydrogen-bond acceptors (Lipinski definition) is 5. The van der Waals surface area contributed by atoms with E-state index in [1.165, 1.54) is 0 Å². The van der Waals surface area contributed by atoms with Crippen LogP contribution in [0.1, 0.15) is 32.4 Å². The van der Waals surface area contributed by atoms with Gasteiger partial charge in [-0.25, -0.2) is 4.98 Å². The van der Waals surface area contributed by atoms with Crippen LogP contribution in [0.5, 0.6) is 0 Å². The summed E-state index contributed by atoms with van der Waals surface area (Å²) < 4.78 is 5.60. The molecule has 1 saturated heterocycles. The molecule has 2 atom stereocenters. The molecule has 1 aliphatic rings. The summed E-state index contributed by atoms with van der Waals surface area (Å²) in [5.41, 5.74) is 1.00. The van der Waals surface area contributed by atoms with Gasteiger partial charge in [0.1, 0.15) is 5.82 Å². The molecule has 1 aromatic rings. The van der Waals surface area contributed by atoms with Crippen molar-refractivity contribution < 1.29 is 4.74 Å². The van der Waals surface area contributed by atoms with E-state index in [0.29, 0.717) is 12.1 Å². The van der Waals surface area contributed by atoms with Gasteiger partial charge in [-0.2, -0.15) is 0 Å². The van der Waals surface area contributed by atoms with Crippen molar-refractivity contribution in [2.24, 2.45) is 0 Å². The van der Waals surface area contributed by atoms with Crippen LogP contribution < -0.4 is 5.32 Å². The Labute approximate surface area is 115 Å². The highest BCUT2D eigenvalue weighted by molar-refractivity contribution is 5.30. The maximum Gasteiger partial charge on any atom is 0.144 e. The Hall–Kier alpha value is -1.20. The normalized spacial score (nSPS) is 22.9. The number of nitrogens with one attached hydrogen (secondary N) is 1. The van der Waals surface area contributed by atoms with E-state index in [-0.39, 0.29) is 0 Å². The first-order valence-electron chi connectivity index (χ1n) is 7.07. The molecule has 0 bridgehead atoms. The SMILES string of the molecule is CCCNc1cnc(CN(C)C2CCOC2C)cn1. The lowest BCUT2D eigenvalue weighted by atomic mass is 10.1. The van der Waals surface area contributed by atoms with Gasteiger partial charge in [0, 0.05) is 25.7 Å². The van der Waals surface area contributed by atoms with Crippen LogP contribution in [0.25, 0.3) is 0 Å². The average molecular weight is 264 g/mol. The molecule has 5 heteroatoms. The van der Waals surface area contributed by atoms with Crippen molar-refractivity contribution in [3.05, 3.63) is 18.1 Å². The lowest BCUT2D eigenvalue weighted by Gasteiger charge is -2.26. The molecule has 2 heterocycles. The Kier molecular flexibility index (Phi) is 5.10. The Bertz CT molecular complexity index is 382. The number of ether oxygens (including phenoxy) is 1. The number of rotatable bonds is 6. The number of nitrogens with zero attached hydrogens (tertiary/aromatic N) is 3. The van der Waals surface area contributed by atoms with Gasteiger partial charge in [0.05, 0.1) is 24.2 Å². The summed E-state index contributed by atoms with van der Waals surface area (Å²) in [5.74, 6) is 0.853. The topological polar surface area (TPSA) is 50.3 Å². The molecule has 0 saturated carbocycles. The number of aromatic nitrogens is 2. The van der Waals surface area contributed by atoms with Crippen LogP contribution >= 0.6 is 0 Å². The van der Waals surface area contributed by atoms with Gasteiger partial charge in [-0.1, -0.05) is 6.92 Å². The minimum atomic E-state index is 0.309. The molecule has 0 amide bonds. The minimum Gasteiger partial charge on any atom is -0.377 e. The van der Waals surface area contributed by atoms with Crippen molar-refractivity contribution in [2.45, 2.75) is 45.4 Å². The van der Waals surface area contributed by atoms with Crippen LogP contribution in [0.15, 0.2) is 12.4 Å². The summed E-state index contributed by atoms with van der Waals surface area (Å²) in [6, 6.07) is 0.486. The van der Waals surface area contributed by atoms with E-state index in [2.05, 4.69) is 41.1 Å². The third-order valence-electron chi connectivity index (χ3n) is 3.58. The molecule has 2 unspecified atom stereocenters. The zero-order valence-electron chi connectivity index (χ0n) is 12.1. The zero-order valence-corrected chi connectivity index (χ0v) is 12.1. The summed E-state index contributed by atoms with van der Waals surface area (Å²) in [6.45, 7) is 6.89. The molecule has 0 spiro atoms. The molecule has 2 rings (SSSR count). The Balaban J connectivity index is 1.88. The molecule has 1 aromatic heterocycles. The van der Waals surface area contributed by atoms with Gasteiger partial charge >= 0.3 is 0 Å². The predicted molar refractivity (Wildman–Crippen MR) is 76.1 cm³/mol. The van der Waals surface area contributed by atoms with Gasteiger partial charge in [-0.05, 0) is 26.8 Å². The van der Waals surface area contributed by atoms with Gasteiger partial charge in [-0.15, -0.1) is 0 Å². The molecule has 19 heavy (non-hydrogen) atoms. The van der Waals surface area contributed by atoms with E-state index in [1.54, 1.807) is 0 Å². The van der Waals surface area contributed by atoms with E-state index in [1.807, 2.05) is 12.4 Å². The third-order valence-corrected chi connectivity index (χ3v) is 3.58. The Morgan fingerprint density at radius 3 is 2.84 bits per heavy atom. The molecule has 1 aliphatic heterocycles. The summed E-state index contributed by atoms with van der Waals surface area (Å²) in [6.07, 6.45) is 6.17. The molecule has 0 radical (unpaired) electrons. The number of likely N-dealkylation sites (N-methyl/N-ethyl adjacent to an activating group) is 1. The van der Waals surface area contributed by atoms with Crippen LogP contribution in [0.4, 0.5) is 5.82 Å². The second-order valence-corrected chi connectivity index (χ2v) is 5.17. The molecule has 5 nitrogen and oxygen atoms in total. The van der Waals surface area contributed by atoms with Crippen LogP contribution in [0, 0.1) is 0 Å². The third kappa shape index (κ3) is 3.88. The van der Waals surface area contributed by atoms with Crippen LogP contribution in [-0.2, 0) is 11.3 Å². The van der Waals surface area contributed by atoms with Gasteiger partial charge in [0.25, 0.3) is 0 Å². The van der Waals surface area contributed by atoms with Crippen LogP contribution in [0.2, 0.25) is 0 Å². The summed E-state index contributed by atoms with van der Waals surface area (Å²) in [4.78, 5) is 11.2. The molecule has 106 valence electrons. The molecule has 0 aromatic carbocycles. The number of hydrogen-bond donors (Lipinski definition) is 1. The summed E-state index contributed by atoms with van der Waals surface area (Å²) >= 11 is 0.